The number of carbonyl (C=O) groups is 1. The summed E-state index contributed by atoms with van der Waals surface area (Å²) in [4.78, 5) is 11.0. The Morgan fingerprint density at radius 2 is 1.95 bits per heavy atom. The summed E-state index contributed by atoms with van der Waals surface area (Å²) in [7, 11) is 0. The minimum absolute atomic E-state index is 0.00156. The summed E-state index contributed by atoms with van der Waals surface area (Å²) in [5.74, 6) is -0.127. The molecule has 1 aromatic heterocycles. The number of aryl methyl sites for hydroxylation is 1. The van der Waals surface area contributed by atoms with Crippen LogP contribution in [0.2, 0.25) is 0 Å². The van der Waals surface area contributed by atoms with E-state index in [0.29, 0.717) is 5.82 Å². The summed E-state index contributed by atoms with van der Waals surface area (Å²) in [5.41, 5.74) is 2.04. The first-order chi connectivity index (χ1) is 9.49. The molecule has 1 atom stereocenters. The van der Waals surface area contributed by atoms with Crippen LogP contribution in [0.15, 0.2) is 24.3 Å². The lowest BCUT2D eigenvalue weighted by atomic mass is 10.0. The molecule has 0 amide bonds. The number of carboxylic acids is 1. The normalized spacial score (nSPS) is 12.6. The van der Waals surface area contributed by atoms with E-state index in [1.807, 2.05) is 45.0 Å². The number of benzene rings is 1. The van der Waals surface area contributed by atoms with Crippen molar-refractivity contribution in [3.05, 3.63) is 29.8 Å². The van der Waals surface area contributed by atoms with Crippen LogP contribution in [0.3, 0.4) is 0 Å². The van der Waals surface area contributed by atoms with Gasteiger partial charge in [0.15, 0.2) is 5.82 Å². The van der Waals surface area contributed by atoms with Gasteiger partial charge in [0.1, 0.15) is 0 Å². The number of rotatable bonds is 5. The maximum Gasteiger partial charge on any atom is 0.305 e. The molecule has 0 fully saturated rings. The van der Waals surface area contributed by atoms with E-state index in [4.69, 9.17) is 5.11 Å². The highest BCUT2D eigenvalue weighted by molar-refractivity contribution is 5.67. The van der Waals surface area contributed by atoms with E-state index in [9.17, 15) is 4.79 Å². The van der Waals surface area contributed by atoms with Crippen molar-refractivity contribution in [2.75, 3.05) is 0 Å². The zero-order valence-corrected chi connectivity index (χ0v) is 11.8. The third-order valence-corrected chi connectivity index (χ3v) is 3.27. The largest absolute Gasteiger partial charge is 0.481 e. The van der Waals surface area contributed by atoms with Gasteiger partial charge >= 0.3 is 5.97 Å². The SMILES string of the molecule is Cc1ccc(-c2nnnn2C(CC(=O)O)C(C)C)cc1. The van der Waals surface area contributed by atoms with Gasteiger partial charge < -0.3 is 5.11 Å². The first-order valence-corrected chi connectivity index (χ1v) is 6.55. The lowest BCUT2D eigenvalue weighted by molar-refractivity contribution is -0.138. The van der Waals surface area contributed by atoms with Gasteiger partial charge in [0.2, 0.25) is 0 Å². The Morgan fingerprint density at radius 1 is 1.30 bits per heavy atom. The molecule has 0 saturated carbocycles. The van der Waals surface area contributed by atoms with Gasteiger partial charge in [-0.2, -0.15) is 0 Å². The van der Waals surface area contributed by atoms with Crippen molar-refractivity contribution in [3.63, 3.8) is 0 Å². The number of hydrogen-bond donors (Lipinski definition) is 1. The van der Waals surface area contributed by atoms with Crippen molar-refractivity contribution < 1.29 is 9.90 Å². The van der Waals surface area contributed by atoms with E-state index in [-0.39, 0.29) is 18.4 Å². The van der Waals surface area contributed by atoms with Gasteiger partial charge in [-0.05, 0) is 23.3 Å². The lowest BCUT2D eigenvalue weighted by Gasteiger charge is -2.20. The predicted molar refractivity (Wildman–Crippen MR) is 74.1 cm³/mol. The molecule has 0 radical (unpaired) electrons. The summed E-state index contributed by atoms with van der Waals surface area (Å²) in [6.45, 7) is 5.94. The summed E-state index contributed by atoms with van der Waals surface area (Å²) >= 11 is 0. The van der Waals surface area contributed by atoms with Crippen LogP contribution in [-0.4, -0.2) is 31.3 Å². The first-order valence-electron chi connectivity index (χ1n) is 6.55. The van der Waals surface area contributed by atoms with E-state index in [0.717, 1.165) is 11.1 Å². The van der Waals surface area contributed by atoms with Crippen LogP contribution in [-0.2, 0) is 4.79 Å². The van der Waals surface area contributed by atoms with Gasteiger partial charge in [0.05, 0.1) is 12.5 Å². The minimum Gasteiger partial charge on any atom is -0.481 e. The fraction of sp³-hybridized carbons (Fsp3) is 0.429. The number of aliphatic carboxylic acids is 1. The third kappa shape index (κ3) is 3.01. The highest BCUT2D eigenvalue weighted by Gasteiger charge is 2.24. The molecule has 0 spiro atoms. The zero-order chi connectivity index (χ0) is 14.7. The Morgan fingerprint density at radius 3 is 2.50 bits per heavy atom. The predicted octanol–water partition coefficient (Wildman–Crippen LogP) is 2.32. The van der Waals surface area contributed by atoms with E-state index < -0.39 is 5.97 Å². The van der Waals surface area contributed by atoms with E-state index >= 15 is 0 Å². The third-order valence-electron chi connectivity index (χ3n) is 3.27. The van der Waals surface area contributed by atoms with Gasteiger partial charge in [0, 0.05) is 5.56 Å². The van der Waals surface area contributed by atoms with E-state index in [2.05, 4.69) is 15.5 Å². The van der Waals surface area contributed by atoms with Crippen LogP contribution in [0, 0.1) is 12.8 Å². The van der Waals surface area contributed by atoms with Crippen molar-refractivity contribution in [1.29, 1.82) is 0 Å². The molecule has 0 saturated heterocycles. The Balaban J connectivity index is 2.40. The molecule has 1 N–H and O–H groups in total. The van der Waals surface area contributed by atoms with E-state index in [1.54, 1.807) is 4.68 Å². The topological polar surface area (TPSA) is 80.9 Å². The van der Waals surface area contributed by atoms with Crippen LogP contribution >= 0.6 is 0 Å². The van der Waals surface area contributed by atoms with Crippen molar-refractivity contribution >= 4 is 5.97 Å². The van der Waals surface area contributed by atoms with Gasteiger partial charge in [-0.25, -0.2) is 4.68 Å². The molecular weight excluding hydrogens is 256 g/mol. The molecule has 1 heterocycles. The van der Waals surface area contributed by atoms with Gasteiger partial charge in [-0.3, -0.25) is 4.79 Å². The molecule has 2 rings (SSSR count). The highest BCUT2D eigenvalue weighted by atomic mass is 16.4. The maximum absolute atomic E-state index is 11.0. The molecule has 6 heteroatoms. The van der Waals surface area contributed by atoms with Gasteiger partial charge in [-0.15, -0.1) is 5.10 Å². The smallest absolute Gasteiger partial charge is 0.305 e. The van der Waals surface area contributed by atoms with Crippen molar-refractivity contribution in [1.82, 2.24) is 20.2 Å². The molecular formula is C14H18N4O2. The average molecular weight is 274 g/mol. The number of tetrazole rings is 1. The fourth-order valence-electron chi connectivity index (χ4n) is 2.09. The molecule has 1 unspecified atom stereocenters. The molecule has 106 valence electrons. The number of hydrogen-bond acceptors (Lipinski definition) is 4. The van der Waals surface area contributed by atoms with Crippen LogP contribution in [0.25, 0.3) is 11.4 Å². The average Bonchev–Trinajstić information content (AvgIpc) is 2.85. The van der Waals surface area contributed by atoms with Crippen LogP contribution in [0.1, 0.15) is 31.9 Å². The van der Waals surface area contributed by atoms with Crippen molar-refractivity contribution in [3.8, 4) is 11.4 Å². The highest BCUT2D eigenvalue weighted by Crippen LogP contribution is 2.26. The van der Waals surface area contributed by atoms with Gasteiger partial charge in [0.25, 0.3) is 0 Å². The molecule has 0 aliphatic rings. The maximum atomic E-state index is 11.0. The molecule has 1 aromatic carbocycles. The standard InChI is InChI=1S/C14H18N4O2/c1-9(2)12(8-13(19)20)18-14(15-16-17-18)11-6-4-10(3)5-7-11/h4-7,9,12H,8H2,1-3H3,(H,19,20). The summed E-state index contributed by atoms with van der Waals surface area (Å²) in [5, 5.41) is 20.8. The summed E-state index contributed by atoms with van der Waals surface area (Å²) in [6, 6.07) is 7.58. The van der Waals surface area contributed by atoms with Crippen LogP contribution < -0.4 is 0 Å². The number of carboxylic acid groups (broad SMARTS) is 1. The summed E-state index contributed by atoms with van der Waals surface area (Å²) < 4.78 is 1.61. The second kappa shape index (κ2) is 5.81. The molecule has 20 heavy (non-hydrogen) atoms. The lowest BCUT2D eigenvalue weighted by Crippen LogP contribution is -2.21. The fourth-order valence-corrected chi connectivity index (χ4v) is 2.09. The summed E-state index contributed by atoms with van der Waals surface area (Å²) in [6.07, 6.45) is 0.00156. The van der Waals surface area contributed by atoms with Crippen LogP contribution in [0.5, 0.6) is 0 Å². The second-order valence-electron chi connectivity index (χ2n) is 5.22. The molecule has 0 aliphatic carbocycles. The Bertz CT molecular complexity index is 589. The Kier molecular flexibility index (Phi) is 4.12. The van der Waals surface area contributed by atoms with E-state index in [1.165, 1.54) is 0 Å². The monoisotopic (exact) mass is 274 g/mol. The number of nitrogens with zero attached hydrogens (tertiary/aromatic N) is 4. The minimum atomic E-state index is -0.853. The van der Waals surface area contributed by atoms with Crippen molar-refractivity contribution in [2.45, 2.75) is 33.2 Å². The molecule has 0 aliphatic heterocycles. The Hall–Kier alpha value is -2.24. The second-order valence-corrected chi connectivity index (χ2v) is 5.22. The zero-order valence-electron chi connectivity index (χ0n) is 11.8. The van der Waals surface area contributed by atoms with Gasteiger partial charge in [-0.1, -0.05) is 43.7 Å². The quantitative estimate of drug-likeness (QED) is 0.905. The molecule has 6 nitrogen and oxygen atoms in total. The Labute approximate surface area is 117 Å². The van der Waals surface area contributed by atoms with Crippen LogP contribution in [0.4, 0.5) is 0 Å². The number of aromatic nitrogens is 4. The first kappa shape index (κ1) is 14.2. The molecule has 0 bridgehead atoms. The van der Waals surface area contributed by atoms with Crippen molar-refractivity contribution in [2.24, 2.45) is 5.92 Å². The molecule has 2 aromatic rings.